The number of aliphatic carboxylic acids is 1. The number of carbonyl (C=O) groups excluding carboxylic acids is 1. The molecule has 1 aromatic carbocycles. The van der Waals surface area contributed by atoms with Crippen LogP contribution >= 0.6 is 0 Å². The normalized spacial score (nSPS) is 22.9. The molecular weight excluding hydrogens is 256 g/mol. The molecule has 0 radical (unpaired) electrons. The van der Waals surface area contributed by atoms with Gasteiger partial charge in [0.1, 0.15) is 0 Å². The lowest BCUT2D eigenvalue weighted by molar-refractivity contribution is -0.139. The highest BCUT2D eigenvalue weighted by Crippen LogP contribution is 2.35. The largest absolute Gasteiger partial charge is 0.481 e. The Balaban J connectivity index is 1.82. The summed E-state index contributed by atoms with van der Waals surface area (Å²) in [5.41, 5.74) is 1.65. The van der Waals surface area contributed by atoms with Crippen LogP contribution in [0.3, 0.4) is 0 Å². The lowest BCUT2D eigenvalue weighted by atomic mass is 9.90. The number of hydrogen-bond donors (Lipinski definition) is 2. The van der Waals surface area contributed by atoms with Crippen LogP contribution in [0.4, 0.5) is 4.79 Å². The maximum absolute atomic E-state index is 12.3. The third-order valence-electron chi connectivity index (χ3n) is 4.19. The molecule has 20 heavy (non-hydrogen) atoms. The molecule has 1 fully saturated rings. The average Bonchev–Trinajstić information content (AvgIpc) is 3.14. The van der Waals surface area contributed by atoms with Crippen LogP contribution in [0.15, 0.2) is 24.3 Å². The van der Waals surface area contributed by atoms with Crippen molar-refractivity contribution < 1.29 is 14.7 Å². The summed E-state index contributed by atoms with van der Waals surface area (Å²) in [4.78, 5) is 25.3. The molecule has 2 amide bonds. The third kappa shape index (κ3) is 2.35. The van der Waals surface area contributed by atoms with E-state index in [9.17, 15) is 14.7 Å². The minimum absolute atomic E-state index is 0.0905. The number of urea groups is 1. The van der Waals surface area contributed by atoms with Crippen molar-refractivity contribution in [3.63, 3.8) is 0 Å². The van der Waals surface area contributed by atoms with Crippen LogP contribution in [0.2, 0.25) is 0 Å². The first-order valence-corrected chi connectivity index (χ1v) is 6.86. The Kier molecular flexibility index (Phi) is 2.92. The van der Waals surface area contributed by atoms with Gasteiger partial charge in [-0.05, 0) is 30.9 Å². The fourth-order valence-corrected chi connectivity index (χ4v) is 2.62. The molecule has 106 valence electrons. The minimum atomic E-state index is -0.882. The molecule has 0 aromatic heterocycles. The molecule has 1 unspecified atom stereocenters. The smallest absolute Gasteiger partial charge is 0.318 e. The molecule has 1 saturated carbocycles. The molecule has 5 nitrogen and oxygen atoms in total. The number of nitrogens with zero attached hydrogens (tertiary/aromatic N) is 1. The van der Waals surface area contributed by atoms with Crippen molar-refractivity contribution in [1.29, 1.82) is 0 Å². The molecular formula is C15H18N2O3. The van der Waals surface area contributed by atoms with Gasteiger partial charge in [-0.25, -0.2) is 4.79 Å². The fraction of sp³-hybridized carbons (Fsp3) is 0.467. The summed E-state index contributed by atoms with van der Waals surface area (Å²) in [6, 6.07) is 7.29. The van der Waals surface area contributed by atoms with Gasteiger partial charge in [-0.1, -0.05) is 24.3 Å². The number of fused-ring (bicyclic) bond motifs is 1. The van der Waals surface area contributed by atoms with Crippen molar-refractivity contribution in [1.82, 2.24) is 10.2 Å². The number of carboxylic acids is 1. The Morgan fingerprint density at radius 3 is 2.70 bits per heavy atom. The van der Waals surface area contributed by atoms with E-state index in [4.69, 9.17) is 0 Å². The number of amides is 2. The molecule has 2 aliphatic rings. The third-order valence-corrected chi connectivity index (χ3v) is 4.19. The van der Waals surface area contributed by atoms with E-state index >= 15 is 0 Å². The van der Waals surface area contributed by atoms with Crippen LogP contribution in [0.25, 0.3) is 0 Å². The number of rotatable bonds is 2. The highest BCUT2D eigenvalue weighted by Gasteiger charge is 2.41. The van der Waals surface area contributed by atoms with E-state index in [1.807, 2.05) is 31.2 Å². The summed E-state index contributed by atoms with van der Waals surface area (Å²) < 4.78 is 0. The predicted molar refractivity (Wildman–Crippen MR) is 73.4 cm³/mol. The zero-order valence-corrected chi connectivity index (χ0v) is 11.4. The van der Waals surface area contributed by atoms with Gasteiger partial charge in [-0.15, -0.1) is 0 Å². The Morgan fingerprint density at radius 2 is 2.05 bits per heavy atom. The van der Waals surface area contributed by atoms with Crippen LogP contribution in [-0.2, 0) is 11.3 Å². The van der Waals surface area contributed by atoms with E-state index in [-0.39, 0.29) is 18.1 Å². The second kappa shape index (κ2) is 4.51. The van der Waals surface area contributed by atoms with Gasteiger partial charge in [0.15, 0.2) is 0 Å². The van der Waals surface area contributed by atoms with Gasteiger partial charge < -0.3 is 15.3 Å². The van der Waals surface area contributed by atoms with Crippen molar-refractivity contribution in [2.45, 2.75) is 37.8 Å². The summed E-state index contributed by atoms with van der Waals surface area (Å²) in [6.45, 7) is 2.72. The maximum Gasteiger partial charge on any atom is 0.318 e. The molecule has 1 heterocycles. The first-order valence-electron chi connectivity index (χ1n) is 6.86. The van der Waals surface area contributed by atoms with E-state index in [0.717, 1.165) is 24.0 Å². The molecule has 0 saturated heterocycles. The molecule has 1 atom stereocenters. The lowest BCUT2D eigenvalue weighted by Crippen LogP contribution is -2.48. The predicted octanol–water partition coefficient (Wildman–Crippen LogP) is 1.93. The van der Waals surface area contributed by atoms with Gasteiger partial charge in [0.25, 0.3) is 0 Å². The van der Waals surface area contributed by atoms with Crippen molar-refractivity contribution in [3.8, 4) is 0 Å². The van der Waals surface area contributed by atoms with Crippen molar-refractivity contribution in [3.05, 3.63) is 35.4 Å². The topological polar surface area (TPSA) is 69.6 Å². The van der Waals surface area contributed by atoms with Crippen molar-refractivity contribution in [2.24, 2.45) is 0 Å². The van der Waals surface area contributed by atoms with E-state index in [2.05, 4.69) is 5.32 Å². The SMILES string of the molecule is CC1(NC(=O)N2Cc3ccccc3C(C(=O)O)C2)CC1. The first-order chi connectivity index (χ1) is 9.48. The van der Waals surface area contributed by atoms with Gasteiger partial charge in [0, 0.05) is 18.6 Å². The van der Waals surface area contributed by atoms with Crippen molar-refractivity contribution >= 4 is 12.0 Å². The second-order valence-electron chi connectivity index (χ2n) is 5.96. The fourth-order valence-electron chi connectivity index (χ4n) is 2.62. The first kappa shape index (κ1) is 13.0. The van der Waals surface area contributed by atoms with Gasteiger partial charge >= 0.3 is 12.0 Å². The summed E-state index contributed by atoms with van der Waals surface area (Å²) >= 11 is 0. The summed E-state index contributed by atoms with van der Waals surface area (Å²) in [5, 5.41) is 12.4. The van der Waals surface area contributed by atoms with Gasteiger partial charge in [-0.2, -0.15) is 0 Å². The van der Waals surface area contributed by atoms with E-state index in [1.54, 1.807) is 4.90 Å². The quantitative estimate of drug-likeness (QED) is 0.865. The average molecular weight is 274 g/mol. The Labute approximate surface area is 117 Å². The number of nitrogens with one attached hydrogen (secondary N) is 1. The highest BCUT2D eigenvalue weighted by molar-refractivity contribution is 5.81. The van der Waals surface area contributed by atoms with Crippen LogP contribution < -0.4 is 5.32 Å². The zero-order valence-electron chi connectivity index (χ0n) is 11.4. The van der Waals surface area contributed by atoms with Crippen LogP contribution in [0.5, 0.6) is 0 Å². The molecule has 3 rings (SSSR count). The molecule has 1 aliphatic heterocycles. The van der Waals surface area contributed by atoms with Gasteiger partial charge in [0.2, 0.25) is 0 Å². The minimum Gasteiger partial charge on any atom is -0.481 e. The monoisotopic (exact) mass is 274 g/mol. The Bertz CT molecular complexity index is 566. The molecule has 5 heteroatoms. The standard InChI is InChI=1S/C15H18N2O3/c1-15(6-7-15)16-14(20)17-8-10-4-2-3-5-11(10)12(9-17)13(18)19/h2-5,12H,6-9H2,1H3,(H,16,20)(H,18,19). The van der Waals surface area contributed by atoms with Crippen LogP contribution in [-0.4, -0.2) is 34.1 Å². The van der Waals surface area contributed by atoms with E-state index in [1.165, 1.54) is 0 Å². The second-order valence-corrected chi connectivity index (χ2v) is 5.96. The molecule has 1 aromatic rings. The lowest BCUT2D eigenvalue weighted by Gasteiger charge is -2.33. The van der Waals surface area contributed by atoms with Crippen LogP contribution in [0.1, 0.15) is 36.8 Å². The maximum atomic E-state index is 12.3. The number of hydrogen-bond acceptors (Lipinski definition) is 2. The van der Waals surface area contributed by atoms with E-state index < -0.39 is 11.9 Å². The Morgan fingerprint density at radius 1 is 1.35 bits per heavy atom. The number of benzene rings is 1. The molecule has 2 N–H and O–H groups in total. The Hall–Kier alpha value is -2.04. The molecule has 0 spiro atoms. The van der Waals surface area contributed by atoms with Crippen molar-refractivity contribution in [2.75, 3.05) is 6.54 Å². The number of carbonyl (C=O) groups is 2. The summed E-state index contributed by atoms with van der Waals surface area (Å²) in [5.74, 6) is -1.52. The van der Waals surface area contributed by atoms with Gasteiger partial charge in [-0.3, -0.25) is 4.79 Å². The van der Waals surface area contributed by atoms with Crippen LogP contribution in [0, 0.1) is 0 Å². The van der Waals surface area contributed by atoms with Gasteiger partial charge in [0.05, 0.1) is 5.92 Å². The molecule has 0 bridgehead atoms. The van der Waals surface area contributed by atoms with E-state index in [0.29, 0.717) is 6.54 Å². The highest BCUT2D eigenvalue weighted by atomic mass is 16.4. The summed E-state index contributed by atoms with van der Waals surface area (Å²) in [6.07, 6.45) is 1.98. The summed E-state index contributed by atoms with van der Waals surface area (Å²) in [7, 11) is 0. The zero-order chi connectivity index (χ0) is 14.3. The number of carboxylic acid groups (broad SMARTS) is 1. The molecule has 1 aliphatic carbocycles.